The minimum Gasteiger partial charge on any atom is -0.429 e. The minimum atomic E-state index is -0.108. The fraction of sp³-hybridized carbons (Fsp3) is 0.632. The van der Waals surface area contributed by atoms with E-state index in [4.69, 9.17) is 4.74 Å². The zero-order valence-electron chi connectivity index (χ0n) is 13.1. The van der Waals surface area contributed by atoms with Crippen molar-refractivity contribution in [2.75, 3.05) is 0 Å². The molecule has 3 heteroatoms. The lowest BCUT2D eigenvalue weighted by Gasteiger charge is -2.50. The Morgan fingerprint density at radius 2 is 2.14 bits per heavy atom. The van der Waals surface area contributed by atoms with Gasteiger partial charge < -0.3 is 9.84 Å². The molecule has 1 aromatic carbocycles. The second kappa shape index (κ2) is 5.09. The van der Waals surface area contributed by atoms with Crippen LogP contribution in [-0.4, -0.2) is 17.7 Å². The molecule has 22 heavy (non-hydrogen) atoms. The molecule has 0 saturated heterocycles. The normalized spacial score (nSPS) is 39.5. The van der Waals surface area contributed by atoms with Gasteiger partial charge in [-0.15, -0.1) is 0 Å². The van der Waals surface area contributed by atoms with Crippen molar-refractivity contribution in [3.8, 4) is 5.75 Å². The Morgan fingerprint density at radius 3 is 2.95 bits per heavy atom. The number of hydrogen-bond acceptors (Lipinski definition) is 3. The Labute approximate surface area is 131 Å². The number of ether oxygens (including phenoxy) is 1. The molecular weight excluding hydrogens is 276 g/mol. The second-order valence-corrected chi connectivity index (χ2v) is 7.63. The number of carbonyl (C=O) groups is 1. The summed E-state index contributed by atoms with van der Waals surface area (Å²) in [7, 11) is 0. The SMILES string of the molecule is C[C@]12CC[C@@H]3c4ccc(OC=O)cc4CC[C@H]3[C@@H]1CC[C@@H]2O. The van der Waals surface area contributed by atoms with Crippen LogP contribution >= 0.6 is 0 Å². The third kappa shape index (κ3) is 1.95. The van der Waals surface area contributed by atoms with Crippen LogP contribution in [0.25, 0.3) is 0 Å². The number of aliphatic hydroxyl groups excluding tert-OH is 1. The minimum absolute atomic E-state index is 0.108. The van der Waals surface area contributed by atoms with Gasteiger partial charge in [0.05, 0.1) is 6.10 Å². The number of carbonyl (C=O) groups excluding carboxylic acids is 1. The summed E-state index contributed by atoms with van der Waals surface area (Å²) in [6.07, 6.45) is 6.62. The predicted octanol–water partition coefficient (Wildman–Crippen LogP) is 3.44. The monoisotopic (exact) mass is 300 g/mol. The van der Waals surface area contributed by atoms with Gasteiger partial charge in [0.2, 0.25) is 0 Å². The molecule has 0 spiro atoms. The molecule has 0 aliphatic heterocycles. The summed E-state index contributed by atoms with van der Waals surface area (Å²) < 4.78 is 4.99. The van der Waals surface area contributed by atoms with E-state index in [1.165, 1.54) is 30.4 Å². The van der Waals surface area contributed by atoms with Crippen LogP contribution in [0.1, 0.15) is 56.1 Å². The predicted molar refractivity (Wildman–Crippen MR) is 83.8 cm³/mol. The molecule has 1 aromatic rings. The summed E-state index contributed by atoms with van der Waals surface area (Å²) in [5, 5.41) is 10.4. The molecule has 5 atom stereocenters. The number of rotatable bonds is 2. The largest absolute Gasteiger partial charge is 0.429 e. The van der Waals surface area contributed by atoms with Crippen LogP contribution in [0.2, 0.25) is 0 Å². The molecule has 2 saturated carbocycles. The molecular formula is C19H24O3. The molecule has 3 aliphatic rings. The van der Waals surface area contributed by atoms with Crippen molar-refractivity contribution in [3.63, 3.8) is 0 Å². The maximum atomic E-state index is 10.5. The van der Waals surface area contributed by atoms with E-state index in [2.05, 4.69) is 13.0 Å². The fourth-order valence-corrected chi connectivity index (χ4v) is 5.66. The second-order valence-electron chi connectivity index (χ2n) is 7.63. The number of benzene rings is 1. The molecule has 0 amide bonds. The lowest BCUT2D eigenvalue weighted by molar-refractivity contribution is -0.120. The van der Waals surface area contributed by atoms with E-state index in [1.807, 2.05) is 12.1 Å². The van der Waals surface area contributed by atoms with Gasteiger partial charge in [-0.2, -0.15) is 0 Å². The lowest BCUT2D eigenvalue weighted by Crippen LogP contribution is -2.43. The van der Waals surface area contributed by atoms with Gasteiger partial charge in [0, 0.05) is 0 Å². The topological polar surface area (TPSA) is 46.5 Å². The molecule has 3 aliphatic carbocycles. The highest BCUT2D eigenvalue weighted by Gasteiger charge is 2.54. The van der Waals surface area contributed by atoms with Crippen LogP contribution in [-0.2, 0) is 11.2 Å². The highest BCUT2D eigenvalue weighted by Crippen LogP contribution is 2.60. The highest BCUT2D eigenvalue weighted by molar-refractivity contribution is 5.48. The first-order chi connectivity index (χ1) is 10.6. The van der Waals surface area contributed by atoms with Gasteiger partial charge in [0.25, 0.3) is 6.47 Å². The van der Waals surface area contributed by atoms with Crippen LogP contribution in [0.3, 0.4) is 0 Å². The maximum absolute atomic E-state index is 10.5. The van der Waals surface area contributed by atoms with Crippen molar-refractivity contribution < 1.29 is 14.6 Å². The Morgan fingerprint density at radius 1 is 1.27 bits per heavy atom. The first-order valence-corrected chi connectivity index (χ1v) is 8.54. The van der Waals surface area contributed by atoms with Gasteiger partial charge in [0.15, 0.2) is 0 Å². The molecule has 4 rings (SSSR count). The number of aryl methyl sites for hydroxylation is 1. The summed E-state index contributed by atoms with van der Waals surface area (Å²) >= 11 is 0. The average molecular weight is 300 g/mol. The van der Waals surface area contributed by atoms with Crippen LogP contribution in [0.4, 0.5) is 0 Å². The van der Waals surface area contributed by atoms with E-state index in [9.17, 15) is 9.90 Å². The van der Waals surface area contributed by atoms with Crippen molar-refractivity contribution in [2.24, 2.45) is 17.3 Å². The zero-order valence-corrected chi connectivity index (χ0v) is 13.1. The Kier molecular flexibility index (Phi) is 3.30. The summed E-state index contributed by atoms with van der Waals surface area (Å²) in [4.78, 5) is 10.5. The van der Waals surface area contributed by atoms with E-state index in [1.54, 1.807) is 0 Å². The van der Waals surface area contributed by atoms with Crippen LogP contribution in [0.15, 0.2) is 18.2 Å². The molecule has 3 nitrogen and oxygen atoms in total. The van der Waals surface area contributed by atoms with Gasteiger partial charge >= 0.3 is 0 Å². The summed E-state index contributed by atoms with van der Waals surface area (Å²) in [5.74, 6) is 2.66. The Bertz CT molecular complexity index is 596. The summed E-state index contributed by atoms with van der Waals surface area (Å²) in [6.45, 7) is 2.81. The number of hydrogen-bond donors (Lipinski definition) is 1. The van der Waals surface area contributed by atoms with Crippen LogP contribution < -0.4 is 4.74 Å². The van der Waals surface area contributed by atoms with Crippen molar-refractivity contribution >= 4 is 6.47 Å². The van der Waals surface area contributed by atoms with E-state index in [0.717, 1.165) is 19.3 Å². The molecule has 1 N–H and O–H groups in total. The maximum Gasteiger partial charge on any atom is 0.298 e. The van der Waals surface area contributed by atoms with Crippen molar-refractivity contribution in [1.82, 2.24) is 0 Å². The number of aliphatic hydroxyl groups is 1. The number of fused-ring (bicyclic) bond motifs is 5. The van der Waals surface area contributed by atoms with Gasteiger partial charge in [-0.3, -0.25) is 4.79 Å². The smallest absolute Gasteiger partial charge is 0.298 e. The highest BCUT2D eigenvalue weighted by atomic mass is 16.5. The van der Waals surface area contributed by atoms with Gasteiger partial charge in [0.1, 0.15) is 5.75 Å². The first-order valence-electron chi connectivity index (χ1n) is 8.54. The summed E-state index contributed by atoms with van der Waals surface area (Å²) in [5.41, 5.74) is 2.94. The Balaban J connectivity index is 1.66. The first kappa shape index (κ1) is 14.3. The third-order valence-corrected chi connectivity index (χ3v) is 6.83. The third-order valence-electron chi connectivity index (χ3n) is 6.83. The molecule has 0 bridgehead atoms. The zero-order chi connectivity index (χ0) is 15.3. The molecule has 0 radical (unpaired) electrons. The molecule has 2 fully saturated rings. The molecule has 118 valence electrons. The van der Waals surface area contributed by atoms with Gasteiger partial charge in [-0.1, -0.05) is 13.0 Å². The quantitative estimate of drug-likeness (QED) is 0.851. The molecule has 0 heterocycles. The van der Waals surface area contributed by atoms with Gasteiger partial charge in [-0.05, 0) is 85.0 Å². The van der Waals surface area contributed by atoms with E-state index < -0.39 is 0 Å². The van der Waals surface area contributed by atoms with Crippen molar-refractivity contribution in [1.29, 1.82) is 0 Å². The van der Waals surface area contributed by atoms with Crippen molar-refractivity contribution in [2.45, 2.75) is 57.5 Å². The molecule has 0 aromatic heterocycles. The van der Waals surface area contributed by atoms with Gasteiger partial charge in [-0.25, -0.2) is 0 Å². The van der Waals surface area contributed by atoms with E-state index >= 15 is 0 Å². The van der Waals surface area contributed by atoms with E-state index in [-0.39, 0.29) is 11.5 Å². The average Bonchev–Trinajstić information content (AvgIpc) is 2.83. The lowest BCUT2D eigenvalue weighted by atomic mass is 9.55. The summed E-state index contributed by atoms with van der Waals surface area (Å²) in [6, 6.07) is 6.13. The van der Waals surface area contributed by atoms with E-state index in [0.29, 0.717) is 30.0 Å². The molecule has 0 unspecified atom stereocenters. The van der Waals surface area contributed by atoms with Crippen LogP contribution in [0, 0.1) is 17.3 Å². The Hall–Kier alpha value is -1.35. The van der Waals surface area contributed by atoms with Crippen LogP contribution in [0.5, 0.6) is 5.75 Å². The standard InChI is InChI=1S/C19H24O3/c1-19-9-8-15-14-5-3-13(22-11-20)10-12(14)2-4-16(15)17(19)6-7-18(19)21/h3,5,10-11,15-18,21H,2,4,6-9H2,1H3/t15-,16-,17+,18+,19+/m1/s1. The van der Waals surface area contributed by atoms with Crippen molar-refractivity contribution in [3.05, 3.63) is 29.3 Å². The fourth-order valence-electron chi connectivity index (χ4n) is 5.66.